The van der Waals surface area contributed by atoms with Gasteiger partial charge in [0.1, 0.15) is 23.6 Å². The maximum absolute atomic E-state index is 11.9. The molecule has 6 heteroatoms. The molecule has 0 radical (unpaired) electrons. The van der Waals surface area contributed by atoms with E-state index < -0.39 is 11.7 Å². The Hall–Kier alpha value is -3.02. The number of nitrogens with one attached hydrogen (secondary N) is 2. The Morgan fingerprint density at radius 2 is 1.48 bits per heavy atom. The van der Waals surface area contributed by atoms with Crippen LogP contribution in [0.3, 0.4) is 0 Å². The summed E-state index contributed by atoms with van der Waals surface area (Å²) in [6, 6.07) is 14.9. The lowest BCUT2D eigenvalue weighted by Gasteiger charge is -2.19. The quantitative estimate of drug-likeness (QED) is 0.785. The number of anilines is 1. The third kappa shape index (κ3) is 7.40. The Morgan fingerprint density at radius 3 is 2.00 bits per heavy atom. The number of ether oxygens (including phenoxy) is 2. The molecule has 27 heavy (non-hydrogen) atoms. The number of carbonyl (C=O) groups is 2. The number of hydrogen-bond acceptors (Lipinski definition) is 4. The second-order valence-corrected chi connectivity index (χ2v) is 7.03. The molecule has 0 bridgehead atoms. The number of hydrogen-bond donors (Lipinski definition) is 2. The zero-order valence-corrected chi connectivity index (χ0v) is 16.2. The summed E-state index contributed by atoms with van der Waals surface area (Å²) < 4.78 is 10.9. The summed E-state index contributed by atoms with van der Waals surface area (Å²) in [5.74, 6) is 1.08. The molecule has 0 unspecified atom stereocenters. The Morgan fingerprint density at radius 1 is 0.926 bits per heavy atom. The minimum atomic E-state index is -0.629. The zero-order chi connectivity index (χ0) is 19.9. The van der Waals surface area contributed by atoms with Crippen molar-refractivity contribution in [2.24, 2.45) is 0 Å². The summed E-state index contributed by atoms with van der Waals surface area (Å²) in [6.45, 7) is 7.21. The van der Waals surface area contributed by atoms with Crippen molar-refractivity contribution < 1.29 is 19.1 Å². The van der Waals surface area contributed by atoms with Crippen molar-refractivity contribution in [3.05, 3.63) is 54.1 Å². The maximum atomic E-state index is 11.9. The van der Waals surface area contributed by atoms with Gasteiger partial charge >= 0.3 is 6.09 Å². The lowest BCUT2D eigenvalue weighted by atomic mass is 10.2. The van der Waals surface area contributed by atoms with Gasteiger partial charge in [0.05, 0.1) is 0 Å². The first-order chi connectivity index (χ1) is 12.7. The average molecular weight is 370 g/mol. The lowest BCUT2D eigenvalue weighted by molar-refractivity contribution is -0.115. The molecule has 2 aromatic carbocycles. The van der Waals surface area contributed by atoms with Crippen LogP contribution < -0.4 is 15.4 Å². The number of benzene rings is 2. The predicted octanol–water partition coefficient (Wildman–Crippen LogP) is 4.50. The van der Waals surface area contributed by atoms with E-state index in [1.54, 1.807) is 45.0 Å². The van der Waals surface area contributed by atoms with Crippen LogP contribution in [-0.2, 0) is 16.0 Å². The van der Waals surface area contributed by atoms with Crippen LogP contribution in [-0.4, -0.2) is 24.1 Å². The number of carbonyl (C=O) groups excluding carboxylic acids is 2. The molecule has 2 aromatic rings. The third-order valence-corrected chi connectivity index (χ3v) is 3.50. The molecular formula is C21H26N2O4. The van der Waals surface area contributed by atoms with Crippen LogP contribution in [0.15, 0.2) is 48.5 Å². The van der Waals surface area contributed by atoms with Crippen molar-refractivity contribution >= 4 is 17.7 Å². The Kier molecular flexibility index (Phi) is 6.82. The fourth-order valence-corrected chi connectivity index (χ4v) is 2.21. The summed E-state index contributed by atoms with van der Waals surface area (Å²) >= 11 is 0. The van der Waals surface area contributed by atoms with Crippen molar-refractivity contribution in [1.82, 2.24) is 5.32 Å². The summed E-state index contributed by atoms with van der Waals surface area (Å²) in [5.41, 5.74) is 1.26. The van der Waals surface area contributed by atoms with E-state index in [4.69, 9.17) is 9.47 Å². The lowest BCUT2D eigenvalue weighted by Crippen LogP contribution is -2.37. The summed E-state index contributed by atoms with van der Waals surface area (Å²) in [7, 11) is 0. The van der Waals surface area contributed by atoms with E-state index in [0.717, 1.165) is 12.2 Å². The third-order valence-electron chi connectivity index (χ3n) is 3.50. The van der Waals surface area contributed by atoms with Crippen LogP contribution >= 0.6 is 0 Å². The molecule has 6 nitrogen and oxygen atoms in total. The predicted molar refractivity (Wildman–Crippen MR) is 105 cm³/mol. The summed E-state index contributed by atoms with van der Waals surface area (Å²) in [5, 5.41) is 5.12. The highest BCUT2D eigenvalue weighted by molar-refractivity contribution is 5.93. The van der Waals surface area contributed by atoms with E-state index in [2.05, 4.69) is 17.6 Å². The fraction of sp³-hybridized carbons (Fsp3) is 0.333. The second kappa shape index (κ2) is 9.07. The monoisotopic (exact) mass is 370 g/mol. The Labute approximate surface area is 159 Å². The van der Waals surface area contributed by atoms with Crippen molar-refractivity contribution in [2.75, 3.05) is 11.9 Å². The van der Waals surface area contributed by atoms with Crippen molar-refractivity contribution in [3.63, 3.8) is 0 Å². The van der Waals surface area contributed by atoms with E-state index in [9.17, 15) is 9.59 Å². The molecule has 144 valence electrons. The number of aryl methyl sites for hydroxylation is 1. The standard InChI is InChI=1S/C21H26N2O4/c1-5-15-6-10-17(11-7-15)26-18-12-8-16(9-13-18)23-19(24)14-22-20(25)27-21(2,3)4/h6-13H,5,14H2,1-4H3,(H,22,25)(H,23,24). The average Bonchev–Trinajstić information content (AvgIpc) is 2.61. The van der Waals surface area contributed by atoms with Gasteiger partial charge in [-0.2, -0.15) is 0 Å². The number of amides is 2. The molecule has 0 atom stereocenters. The molecule has 0 aliphatic carbocycles. The van der Waals surface area contributed by atoms with E-state index in [0.29, 0.717) is 11.4 Å². The van der Waals surface area contributed by atoms with Gasteiger partial charge in [-0.1, -0.05) is 19.1 Å². The molecule has 2 rings (SSSR count). The molecule has 0 saturated heterocycles. The SMILES string of the molecule is CCc1ccc(Oc2ccc(NC(=O)CNC(=O)OC(C)(C)C)cc2)cc1. The van der Waals surface area contributed by atoms with Crippen molar-refractivity contribution in [1.29, 1.82) is 0 Å². The fourth-order valence-electron chi connectivity index (χ4n) is 2.21. The van der Waals surface area contributed by atoms with Crippen molar-refractivity contribution in [2.45, 2.75) is 39.7 Å². The van der Waals surface area contributed by atoms with Gasteiger partial charge < -0.3 is 20.1 Å². The minimum absolute atomic E-state index is 0.170. The highest BCUT2D eigenvalue weighted by Crippen LogP contribution is 2.23. The van der Waals surface area contributed by atoms with Crippen LogP contribution in [0.2, 0.25) is 0 Å². The molecule has 0 aromatic heterocycles. The largest absolute Gasteiger partial charge is 0.457 e. The maximum Gasteiger partial charge on any atom is 0.408 e. The van der Waals surface area contributed by atoms with Gasteiger partial charge in [-0.3, -0.25) is 4.79 Å². The minimum Gasteiger partial charge on any atom is -0.457 e. The molecular weight excluding hydrogens is 344 g/mol. The molecule has 2 amide bonds. The normalized spacial score (nSPS) is 10.8. The topological polar surface area (TPSA) is 76.7 Å². The molecule has 0 fully saturated rings. The van der Waals surface area contributed by atoms with Gasteiger partial charge in [0.2, 0.25) is 5.91 Å². The first-order valence-corrected chi connectivity index (χ1v) is 8.89. The molecule has 0 aliphatic rings. The molecule has 0 saturated carbocycles. The van der Waals surface area contributed by atoms with E-state index >= 15 is 0 Å². The van der Waals surface area contributed by atoms with Gasteiger partial charge in [-0.05, 0) is 69.2 Å². The Balaban J connectivity index is 1.82. The van der Waals surface area contributed by atoms with E-state index in [1.165, 1.54) is 5.56 Å². The van der Waals surface area contributed by atoms with E-state index in [-0.39, 0.29) is 12.5 Å². The van der Waals surface area contributed by atoms with Crippen LogP contribution in [0.1, 0.15) is 33.3 Å². The Bertz CT molecular complexity index is 762. The van der Waals surface area contributed by atoms with Gasteiger partial charge in [-0.25, -0.2) is 4.79 Å². The van der Waals surface area contributed by atoms with Gasteiger partial charge in [0.25, 0.3) is 0 Å². The van der Waals surface area contributed by atoms with Gasteiger partial charge in [0, 0.05) is 5.69 Å². The van der Waals surface area contributed by atoms with Gasteiger partial charge in [0.15, 0.2) is 0 Å². The second-order valence-electron chi connectivity index (χ2n) is 7.03. The van der Waals surface area contributed by atoms with Crippen LogP contribution in [0.25, 0.3) is 0 Å². The molecule has 0 aliphatic heterocycles. The first kappa shape index (κ1) is 20.3. The number of alkyl carbamates (subject to hydrolysis) is 1. The van der Waals surface area contributed by atoms with Gasteiger partial charge in [-0.15, -0.1) is 0 Å². The van der Waals surface area contributed by atoms with Crippen molar-refractivity contribution in [3.8, 4) is 11.5 Å². The van der Waals surface area contributed by atoms with Crippen LogP contribution in [0.5, 0.6) is 11.5 Å². The highest BCUT2D eigenvalue weighted by Gasteiger charge is 2.16. The first-order valence-electron chi connectivity index (χ1n) is 8.89. The van der Waals surface area contributed by atoms with E-state index in [1.807, 2.05) is 24.3 Å². The molecule has 2 N–H and O–H groups in total. The zero-order valence-electron chi connectivity index (χ0n) is 16.2. The summed E-state index contributed by atoms with van der Waals surface area (Å²) in [4.78, 5) is 23.5. The highest BCUT2D eigenvalue weighted by atomic mass is 16.6. The summed E-state index contributed by atoms with van der Waals surface area (Å²) in [6.07, 6.45) is 0.354. The van der Waals surface area contributed by atoms with Crippen LogP contribution in [0, 0.1) is 0 Å². The number of rotatable bonds is 6. The molecule has 0 heterocycles. The molecule has 0 spiro atoms. The van der Waals surface area contributed by atoms with Crippen LogP contribution in [0.4, 0.5) is 10.5 Å². The smallest absolute Gasteiger partial charge is 0.408 e.